The van der Waals surface area contributed by atoms with Crippen molar-refractivity contribution in [2.75, 3.05) is 26.2 Å². The molecule has 3 saturated carbocycles. The largest absolute Gasteiger partial charge is 1.00 e. The minimum atomic E-state index is -2.27. The van der Waals surface area contributed by atoms with E-state index < -0.39 is 25.8 Å². The molecule has 90 heavy (non-hydrogen) atoms. The van der Waals surface area contributed by atoms with E-state index in [1.165, 1.54) is 11.1 Å². The van der Waals surface area contributed by atoms with Crippen LogP contribution in [0.25, 0.3) is 6.08 Å². The Kier molecular flexibility index (Phi) is 26.0. The van der Waals surface area contributed by atoms with Crippen molar-refractivity contribution in [1.82, 2.24) is 4.90 Å². The van der Waals surface area contributed by atoms with Crippen molar-refractivity contribution in [3.8, 4) is 5.75 Å². The van der Waals surface area contributed by atoms with Crippen LogP contribution in [-0.4, -0.2) is 86.6 Å². The second-order valence-corrected chi connectivity index (χ2v) is 30.6. The summed E-state index contributed by atoms with van der Waals surface area (Å²) in [6.07, 6.45) is 7.92. The minimum Gasteiger partial charge on any atom is -1.00 e. The molecular weight excluding hydrogens is 1340 g/mol. The molecule has 0 bridgehead atoms. The van der Waals surface area contributed by atoms with Gasteiger partial charge in [0, 0.05) is 74.8 Å². The number of esters is 1. The van der Waals surface area contributed by atoms with Crippen molar-refractivity contribution in [3.63, 3.8) is 0 Å². The predicted molar refractivity (Wildman–Crippen MR) is 362 cm³/mol. The molecule has 3 aliphatic carbocycles. The topological polar surface area (TPSA) is 75.7 Å². The quantitative estimate of drug-likeness (QED) is 0.0903. The molecule has 1 spiro atoms. The number of ether oxygens (including phenoxy) is 2. The van der Waals surface area contributed by atoms with Gasteiger partial charge in [-0.2, -0.15) is 0 Å². The van der Waals surface area contributed by atoms with E-state index in [2.05, 4.69) is 50.8 Å². The van der Waals surface area contributed by atoms with Crippen LogP contribution >= 0.6 is 92.8 Å². The molecule has 6 fully saturated rings. The third-order valence-electron chi connectivity index (χ3n) is 18.8. The normalized spacial score (nSPS) is 24.1. The average molecular weight is 1420 g/mol. The van der Waals surface area contributed by atoms with Crippen LogP contribution in [0.15, 0.2) is 97.0 Å². The van der Waals surface area contributed by atoms with Crippen LogP contribution in [0.1, 0.15) is 178 Å². The molecule has 7 aliphatic rings. The van der Waals surface area contributed by atoms with Gasteiger partial charge in [-0.15, -0.1) is 0 Å². The van der Waals surface area contributed by atoms with Crippen LogP contribution < -0.4 is 60.8 Å². The molecule has 0 radical (unpaired) electrons. The van der Waals surface area contributed by atoms with Crippen LogP contribution in [0, 0.1) is 0 Å². The number of benzene rings is 5. The van der Waals surface area contributed by atoms with Crippen molar-refractivity contribution < 1.29 is 97.6 Å². The molecule has 12 rings (SSSR count). The average Bonchev–Trinajstić information content (AvgIpc) is 1.68. The van der Waals surface area contributed by atoms with Gasteiger partial charge in [0.15, 0.2) is 0 Å². The Balaban J connectivity index is 0.000000180. The zero-order valence-corrected chi connectivity index (χ0v) is 62.4. The van der Waals surface area contributed by atoms with E-state index in [9.17, 15) is 13.4 Å². The van der Waals surface area contributed by atoms with Gasteiger partial charge in [-0.3, -0.25) is 13.4 Å². The molecule has 3 saturated heterocycles. The Morgan fingerprint density at radius 3 is 1.56 bits per heavy atom. The molecule has 480 valence electrons. The molecule has 5 aromatic rings. The van der Waals surface area contributed by atoms with Gasteiger partial charge >= 0.3 is 78.9 Å². The van der Waals surface area contributed by atoms with E-state index in [1.54, 1.807) is 30.3 Å². The molecule has 0 N–H and O–H groups in total. The SMILES string of the molecule is CC(C)(C)OC(=O)CCCN1CCC2(CC1)COc1cc(C3CC3c3c(Cl)cccc3Cl)ccc12.CC1(C)OB(/C=C/c2c(Cl)cccc2Cl)OC1(C)C.CC1(C)OB(C2CC2c2c(Cl)cccc2Cl)OC1(C)C.FB(F)C1CC1c1c(Cl)cccc1Cl.[F-].[K+]. The summed E-state index contributed by atoms with van der Waals surface area (Å²) in [4.78, 5) is 14.5. The van der Waals surface area contributed by atoms with Crippen molar-refractivity contribution in [3.05, 3.63) is 171 Å². The first kappa shape index (κ1) is 76.2. The van der Waals surface area contributed by atoms with Gasteiger partial charge in [0.2, 0.25) is 0 Å². The summed E-state index contributed by atoms with van der Waals surface area (Å²) < 4.78 is 60.3. The van der Waals surface area contributed by atoms with E-state index in [-0.39, 0.29) is 103 Å². The van der Waals surface area contributed by atoms with Gasteiger partial charge in [-0.25, -0.2) is 0 Å². The van der Waals surface area contributed by atoms with Crippen molar-refractivity contribution in [2.45, 2.75) is 190 Å². The van der Waals surface area contributed by atoms with Crippen molar-refractivity contribution >= 4 is 126 Å². The molecule has 8 nitrogen and oxygen atoms in total. The number of likely N-dealkylation sites (tertiary alicyclic amines) is 1. The molecule has 0 aromatic heterocycles. The van der Waals surface area contributed by atoms with Crippen LogP contribution in [0.2, 0.25) is 51.8 Å². The Morgan fingerprint density at radius 2 is 1.09 bits per heavy atom. The van der Waals surface area contributed by atoms with Gasteiger partial charge in [0.05, 0.1) is 29.0 Å². The fourth-order valence-electron chi connectivity index (χ4n) is 12.1. The number of hydrogen-bond donors (Lipinski definition) is 0. The second-order valence-electron chi connectivity index (χ2n) is 27.3. The minimum absolute atomic E-state index is 0. The van der Waals surface area contributed by atoms with Crippen LogP contribution in [0.4, 0.5) is 8.63 Å². The molecule has 5 aromatic carbocycles. The van der Waals surface area contributed by atoms with Gasteiger partial charge in [-0.05, 0) is 235 Å². The zero-order valence-electron chi connectivity index (χ0n) is 53.3. The fraction of sp³-hybridized carbons (Fsp3) is 0.507. The van der Waals surface area contributed by atoms with Gasteiger partial charge in [0.1, 0.15) is 11.4 Å². The van der Waals surface area contributed by atoms with E-state index in [1.807, 2.05) is 103 Å². The number of rotatable bonds is 12. The van der Waals surface area contributed by atoms with Gasteiger partial charge < -0.3 is 37.7 Å². The van der Waals surface area contributed by atoms with Crippen molar-refractivity contribution in [2.24, 2.45) is 0 Å². The number of carbonyl (C=O) groups excluding carboxylic acids is 1. The maximum Gasteiger partial charge on any atom is 1.00 e. The summed E-state index contributed by atoms with van der Waals surface area (Å²) in [5.74, 6) is 3.58. The van der Waals surface area contributed by atoms with Crippen LogP contribution in [0.5, 0.6) is 5.75 Å². The number of piperidine rings is 1. The van der Waals surface area contributed by atoms with Crippen LogP contribution in [0.3, 0.4) is 0 Å². The number of carbonyl (C=O) groups is 1. The third-order valence-corrected chi connectivity index (χ3v) is 21.5. The Bertz CT molecular complexity index is 3260. The van der Waals surface area contributed by atoms with Gasteiger partial charge in [-0.1, -0.05) is 141 Å². The van der Waals surface area contributed by atoms with E-state index in [0.29, 0.717) is 62.1 Å². The number of halogens is 11. The van der Waals surface area contributed by atoms with Crippen molar-refractivity contribution in [1.29, 1.82) is 0 Å². The molecule has 23 heteroatoms. The monoisotopic (exact) mass is 1420 g/mol. The first-order valence-corrected chi connectivity index (χ1v) is 33.4. The molecule has 4 aliphatic heterocycles. The molecule has 0 amide bonds. The summed E-state index contributed by atoms with van der Waals surface area (Å²) in [6, 6.07) is 28.8. The molecule has 4 heterocycles. The summed E-state index contributed by atoms with van der Waals surface area (Å²) in [7, 11) is -2.83. The Morgan fingerprint density at radius 1 is 0.633 bits per heavy atom. The van der Waals surface area contributed by atoms with E-state index >= 15 is 0 Å². The molecular formula is C67H78B3Cl8F3KNO7. The summed E-state index contributed by atoms with van der Waals surface area (Å²) in [5.41, 5.74) is 4.72. The van der Waals surface area contributed by atoms with E-state index in [4.69, 9.17) is 121 Å². The Labute approximate surface area is 614 Å². The number of hydrogen-bond acceptors (Lipinski definition) is 8. The predicted octanol–water partition coefficient (Wildman–Crippen LogP) is 15.0. The second kappa shape index (κ2) is 30.7. The number of nitrogens with zero attached hydrogens (tertiary/aromatic N) is 1. The first-order valence-electron chi connectivity index (χ1n) is 30.4. The first-order chi connectivity index (χ1) is 41.2. The molecule has 6 unspecified atom stereocenters. The summed E-state index contributed by atoms with van der Waals surface area (Å²) >= 11 is 49.5. The number of fused-ring (bicyclic) bond motifs is 2. The van der Waals surface area contributed by atoms with Gasteiger partial charge in [0.25, 0.3) is 0 Å². The summed E-state index contributed by atoms with van der Waals surface area (Å²) in [6.45, 7) is 25.9. The maximum atomic E-state index is 12.3. The maximum absolute atomic E-state index is 12.3. The van der Waals surface area contributed by atoms with Crippen LogP contribution in [-0.2, 0) is 33.6 Å². The fourth-order valence-corrected chi connectivity index (χ4v) is 14.7. The summed E-state index contributed by atoms with van der Waals surface area (Å²) in [5, 5.41) is 5.21. The Hall–Kier alpha value is -1.15. The standard InChI is InChI=1S/C29H35Cl2NO3.C15H19BCl2O2.C14H17BCl2O2.C9H7BCl2F2.FH.K/c1-28(2,3)35-26(33)8-5-13-32-14-11-29(12-15-32)18-34-25-16-19(9-10-22(25)29)20-17-21(20)27-23(30)6-4-7-24(27)31;1-14(2)15(3,4)20-16(19-14)10-8-9(10)13-11(17)6-5-7-12(13)18;1-13(2)14(3,4)19-15(18-13)9-8-10-11(16)6-5-7-12(10)17;11-7-2-1-3-8(12)9(7)5-4-6(5)10(13)14;;/h4,6-7,9-10,16,20-21H,5,8,11-15,17-18H2,1-3H3;5-7,9-10H,8H2,1-4H3;5-9H,1-4H3;1-3,5-6H,4H2;1H;/q;;;;;+1/p-1/b;;9-8+;;;. The smallest absolute Gasteiger partial charge is 1.00 e. The third kappa shape index (κ3) is 18.1. The molecule has 6 atom stereocenters. The zero-order chi connectivity index (χ0) is 64.1. The van der Waals surface area contributed by atoms with E-state index in [0.717, 1.165) is 101 Å².